The number of nitrogens with two attached hydrogens (primary N) is 1. The van der Waals surface area contributed by atoms with E-state index in [1.165, 1.54) is 16.7 Å². The normalized spacial score (nSPS) is 10.4. The Morgan fingerprint density at radius 3 is 2.69 bits per heavy atom. The number of aromatic nitrogens is 1. The van der Waals surface area contributed by atoms with E-state index in [-0.39, 0.29) is 0 Å². The Morgan fingerprint density at radius 1 is 1.12 bits per heavy atom. The SMILES string of the molecule is Cc1ccc(C)c(Cc2ccncc2N)c1. The van der Waals surface area contributed by atoms with E-state index in [9.17, 15) is 0 Å². The van der Waals surface area contributed by atoms with Crippen molar-refractivity contribution in [3.05, 3.63) is 58.9 Å². The zero-order valence-electron chi connectivity index (χ0n) is 9.70. The molecule has 1 aromatic carbocycles. The maximum atomic E-state index is 5.89. The van der Waals surface area contributed by atoms with E-state index < -0.39 is 0 Å². The Kier molecular flexibility index (Phi) is 2.91. The number of anilines is 1. The molecule has 2 rings (SSSR count). The maximum absolute atomic E-state index is 5.89. The molecule has 0 atom stereocenters. The fourth-order valence-corrected chi connectivity index (χ4v) is 1.79. The standard InChI is InChI=1S/C14H16N2/c1-10-3-4-11(2)13(7-10)8-12-5-6-16-9-14(12)15/h3-7,9H,8,15H2,1-2H3. The van der Waals surface area contributed by atoms with E-state index in [2.05, 4.69) is 37.0 Å². The predicted molar refractivity (Wildman–Crippen MR) is 67.4 cm³/mol. The maximum Gasteiger partial charge on any atom is 0.0536 e. The van der Waals surface area contributed by atoms with E-state index in [4.69, 9.17) is 5.73 Å². The van der Waals surface area contributed by atoms with Crippen molar-refractivity contribution in [3.8, 4) is 0 Å². The van der Waals surface area contributed by atoms with Gasteiger partial charge in [0, 0.05) is 6.20 Å². The Bertz CT molecular complexity index is 504. The van der Waals surface area contributed by atoms with E-state index >= 15 is 0 Å². The van der Waals surface area contributed by atoms with Crippen LogP contribution in [0.1, 0.15) is 22.3 Å². The molecule has 0 radical (unpaired) electrons. The van der Waals surface area contributed by atoms with Crippen molar-refractivity contribution in [1.82, 2.24) is 4.98 Å². The molecule has 0 amide bonds. The smallest absolute Gasteiger partial charge is 0.0536 e. The summed E-state index contributed by atoms with van der Waals surface area (Å²) < 4.78 is 0. The second kappa shape index (κ2) is 4.35. The number of nitrogen functional groups attached to an aromatic ring is 1. The lowest BCUT2D eigenvalue weighted by Gasteiger charge is -2.08. The van der Waals surface area contributed by atoms with Crippen molar-refractivity contribution < 1.29 is 0 Å². The minimum absolute atomic E-state index is 0.767. The average molecular weight is 212 g/mol. The molecule has 0 aliphatic carbocycles. The minimum Gasteiger partial charge on any atom is -0.397 e. The summed E-state index contributed by atoms with van der Waals surface area (Å²) in [5.41, 5.74) is 11.7. The molecular formula is C14H16N2. The molecule has 82 valence electrons. The van der Waals surface area contributed by atoms with Gasteiger partial charge in [-0.15, -0.1) is 0 Å². The van der Waals surface area contributed by atoms with Crippen LogP contribution in [0.15, 0.2) is 36.7 Å². The first kappa shape index (κ1) is 10.7. The van der Waals surface area contributed by atoms with Gasteiger partial charge in [0.05, 0.1) is 11.9 Å². The summed E-state index contributed by atoms with van der Waals surface area (Å²) in [4.78, 5) is 4.00. The van der Waals surface area contributed by atoms with Gasteiger partial charge in [0.1, 0.15) is 0 Å². The number of hydrogen-bond acceptors (Lipinski definition) is 2. The quantitative estimate of drug-likeness (QED) is 0.831. The predicted octanol–water partition coefficient (Wildman–Crippen LogP) is 2.87. The fraction of sp³-hybridized carbons (Fsp3) is 0.214. The molecule has 0 aliphatic rings. The van der Waals surface area contributed by atoms with Gasteiger partial charge in [-0.3, -0.25) is 4.98 Å². The third-order valence-corrected chi connectivity index (χ3v) is 2.83. The van der Waals surface area contributed by atoms with Crippen LogP contribution in [0.5, 0.6) is 0 Å². The highest BCUT2D eigenvalue weighted by atomic mass is 14.7. The van der Waals surface area contributed by atoms with Gasteiger partial charge < -0.3 is 5.73 Å². The highest BCUT2D eigenvalue weighted by Gasteiger charge is 2.03. The molecule has 0 aliphatic heterocycles. The highest BCUT2D eigenvalue weighted by molar-refractivity contribution is 5.47. The third-order valence-electron chi connectivity index (χ3n) is 2.83. The summed E-state index contributed by atoms with van der Waals surface area (Å²) in [5.74, 6) is 0. The molecule has 0 saturated carbocycles. The topological polar surface area (TPSA) is 38.9 Å². The number of pyridine rings is 1. The molecule has 16 heavy (non-hydrogen) atoms. The molecule has 0 unspecified atom stereocenters. The van der Waals surface area contributed by atoms with Crippen molar-refractivity contribution in [3.63, 3.8) is 0 Å². The first-order valence-electron chi connectivity index (χ1n) is 5.41. The number of hydrogen-bond donors (Lipinski definition) is 1. The first-order chi connectivity index (χ1) is 7.66. The molecule has 0 bridgehead atoms. The Hall–Kier alpha value is -1.83. The molecule has 2 aromatic rings. The molecular weight excluding hydrogens is 196 g/mol. The van der Waals surface area contributed by atoms with Gasteiger partial charge in [-0.25, -0.2) is 0 Å². The molecule has 2 heteroatoms. The van der Waals surface area contributed by atoms with Crippen LogP contribution in [0.4, 0.5) is 5.69 Å². The van der Waals surface area contributed by atoms with Gasteiger partial charge in [-0.2, -0.15) is 0 Å². The lowest BCUT2D eigenvalue weighted by Crippen LogP contribution is -1.98. The monoisotopic (exact) mass is 212 g/mol. The summed E-state index contributed by atoms with van der Waals surface area (Å²) in [6.07, 6.45) is 4.37. The number of aryl methyl sites for hydroxylation is 2. The second-order valence-corrected chi connectivity index (χ2v) is 4.18. The van der Waals surface area contributed by atoms with Crippen molar-refractivity contribution in [2.24, 2.45) is 0 Å². The van der Waals surface area contributed by atoms with Crippen LogP contribution in [0.25, 0.3) is 0 Å². The van der Waals surface area contributed by atoms with Gasteiger partial charge in [-0.05, 0) is 43.0 Å². The van der Waals surface area contributed by atoms with Crippen LogP contribution >= 0.6 is 0 Å². The van der Waals surface area contributed by atoms with Crippen molar-refractivity contribution in [2.75, 3.05) is 5.73 Å². The van der Waals surface area contributed by atoms with Crippen molar-refractivity contribution >= 4 is 5.69 Å². The van der Waals surface area contributed by atoms with Crippen LogP contribution in [-0.2, 0) is 6.42 Å². The summed E-state index contributed by atoms with van der Waals surface area (Å²) in [6, 6.07) is 8.49. The molecule has 2 N–H and O–H groups in total. The fourth-order valence-electron chi connectivity index (χ4n) is 1.79. The molecule has 1 heterocycles. The minimum atomic E-state index is 0.767. The highest BCUT2D eigenvalue weighted by Crippen LogP contribution is 2.18. The Morgan fingerprint density at radius 2 is 1.94 bits per heavy atom. The largest absolute Gasteiger partial charge is 0.397 e. The van der Waals surface area contributed by atoms with Crippen molar-refractivity contribution in [2.45, 2.75) is 20.3 Å². The Balaban J connectivity index is 2.34. The van der Waals surface area contributed by atoms with Crippen LogP contribution in [-0.4, -0.2) is 4.98 Å². The summed E-state index contributed by atoms with van der Waals surface area (Å²) in [5, 5.41) is 0. The first-order valence-corrected chi connectivity index (χ1v) is 5.41. The second-order valence-electron chi connectivity index (χ2n) is 4.18. The zero-order valence-corrected chi connectivity index (χ0v) is 9.70. The number of benzene rings is 1. The number of rotatable bonds is 2. The van der Waals surface area contributed by atoms with E-state index in [1.807, 2.05) is 6.07 Å². The van der Waals surface area contributed by atoms with E-state index in [0.29, 0.717) is 0 Å². The lowest BCUT2D eigenvalue weighted by atomic mass is 9.98. The third kappa shape index (κ3) is 2.22. The van der Waals surface area contributed by atoms with Gasteiger partial charge in [0.2, 0.25) is 0 Å². The van der Waals surface area contributed by atoms with Gasteiger partial charge in [-0.1, -0.05) is 23.8 Å². The van der Waals surface area contributed by atoms with Crippen molar-refractivity contribution in [1.29, 1.82) is 0 Å². The summed E-state index contributed by atoms with van der Waals surface area (Å²) in [6.45, 7) is 4.24. The van der Waals surface area contributed by atoms with Crippen LogP contribution in [0, 0.1) is 13.8 Å². The average Bonchev–Trinajstić information content (AvgIpc) is 2.27. The van der Waals surface area contributed by atoms with Crippen LogP contribution in [0.2, 0.25) is 0 Å². The molecule has 0 spiro atoms. The van der Waals surface area contributed by atoms with Gasteiger partial charge in [0.15, 0.2) is 0 Å². The van der Waals surface area contributed by atoms with Crippen LogP contribution in [0.3, 0.4) is 0 Å². The number of nitrogens with zero attached hydrogens (tertiary/aromatic N) is 1. The van der Waals surface area contributed by atoms with Crippen LogP contribution < -0.4 is 5.73 Å². The van der Waals surface area contributed by atoms with Gasteiger partial charge >= 0.3 is 0 Å². The Labute approximate surface area is 96.1 Å². The molecule has 0 saturated heterocycles. The zero-order chi connectivity index (χ0) is 11.5. The van der Waals surface area contributed by atoms with Gasteiger partial charge in [0.25, 0.3) is 0 Å². The lowest BCUT2D eigenvalue weighted by molar-refractivity contribution is 1.13. The van der Waals surface area contributed by atoms with E-state index in [0.717, 1.165) is 17.7 Å². The molecule has 1 aromatic heterocycles. The summed E-state index contributed by atoms with van der Waals surface area (Å²) >= 11 is 0. The van der Waals surface area contributed by atoms with E-state index in [1.54, 1.807) is 12.4 Å². The molecule has 0 fully saturated rings. The summed E-state index contributed by atoms with van der Waals surface area (Å²) in [7, 11) is 0. The molecule has 2 nitrogen and oxygen atoms in total.